The van der Waals surface area contributed by atoms with Gasteiger partial charge in [-0.05, 0) is 13.0 Å². The topological polar surface area (TPSA) is 67.9 Å². The average molecular weight is 252 g/mol. The Morgan fingerprint density at radius 2 is 2.24 bits per heavy atom. The van der Waals surface area contributed by atoms with Crippen molar-refractivity contribution >= 4 is 17.6 Å². The lowest BCUT2D eigenvalue weighted by molar-refractivity contribution is 0.0594. The molecule has 0 radical (unpaired) electrons. The van der Waals surface area contributed by atoms with Crippen LogP contribution in [0.15, 0.2) is 18.5 Å². The summed E-state index contributed by atoms with van der Waals surface area (Å²) >= 11 is 5.84. The molecule has 0 saturated heterocycles. The van der Waals surface area contributed by atoms with Crippen molar-refractivity contribution in [3.63, 3.8) is 0 Å². The summed E-state index contributed by atoms with van der Waals surface area (Å²) < 4.78 is 4.63. The van der Waals surface area contributed by atoms with E-state index in [2.05, 4.69) is 19.7 Å². The Labute approximate surface area is 103 Å². The minimum Gasteiger partial charge on any atom is -0.464 e. The largest absolute Gasteiger partial charge is 0.464 e. The number of imidazole rings is 1. The van der Waals surface area contributed by atoms with Crippen molar-refractivity contribution in [1.29, 1.82) is 0 Å². The maximum absolute atomic E-state index is 11.4. The van der Waals surface area contributed by atoms with Gasteiger partial charge in [0.05, 0.1) is 12.1 Å². The van der Waals surface area contributed by atoms with Gasteiger partial charge in [-0.25, -0.2) is 9.78 Å². The highest BCUT2D eigenvalue weighted by molar-refractivity contribution is 6.30. The highest BCUT2D eigenvalue weighted by Gasteiger charge is 2.16. The number of rotatable bonds is 2. The van der Waals surface area contributed by atoms with Gasteiger partial charge in [0, 0.05) is 23.7 Å². The summed E-state index contributed by atoms with van der Waals surface area (Å²) in [5, 5.41) is 0.510. The summed E-state index contributed by atoms with van der Waals surface area (Å²) in [5.41, 5.74) is 1.63. The number of nitrogens with zero attached hydrogens (tertiary/aromatic N) is 2. The molecule has 88 valence electrons. The molecule has 0 aliphatic rings. The Morgan fingerprint density at radius 3 is 2.88 bits per heavy atom. The quantitative estimate of drug-likeness (QED) is 0.831. The van der Waals surface area contributed by atoms with E-state index in [0.29, 0.717) is 16.5 Å². The SMILES string of the molecule is COC(=O)c1nc(-c2cncc(Cl)c2)[nH]c1C. The molecule has 0 saturated carbocycles. The van der Waals surface area contributed by atoms with E-state index in [-0.39, 0.29) is 5.69 Å². The third-order valence-corrected chi connectivity index (χ3v) is 2.45. The van der Waals surface area contributed by atoms with E-state index in [1.165, 1.54) is 13.3 Å². The molecule has 0 fully saturated rings. The van der Waals surface area contributed by atoms with Gasteiger partial charge in [-0.15, -0.1) is 0 Å². The molecule has 0 aliphatic carbocycles. The Balaban J connectivity index is 2.44. The van der Waals surface area contributed by atoms with E-state index in [1.807, 2.05) is 0 Å². The number of carbonyl (C=O) groups is 1. The summed E-state index contributed by atoms with van der Waals surface area (Å²) in [6, 6.07) is 1.72. The lowest BCUT2D eigenvalue weighted by Crippen LogP contribution is -2.03. The molecule has 0 spiro atoms. The maximum Gasteiger partial charge on any atom is 0.358 e. The van der Waals surface area contributed by atoms with Gasteiger partial charge in [0.15, 0.2) is 5.69 Å². The fraction of sp³-hybridized carbons (Fsp3) is 0.182. The normalized spacial score (nSPS) is 10.3. The number of carbonyl (C=O) groups excluding carboxylic acids is 1. The number of nitrogens with one attached hydrogen (secondary N) is 1. The lowest BCUT2D eigenvalue weighted by atomic mass is 10.3. The second-order valence-electron chi connectivity index (χ2n) is 3.44. The van der Waals surface area contributed by atoms with E-state index in [1.54, 1.807) is 19.2 Å². The number of H-pyrrole nitrogens is 1. The van der Waals surface area contributed by atoms with Crippen molar-refractivity contribution < 1.29 is 9.53 Å². The first-order chi connectivity index (χ1) is 8.11. The van der Waals surface area contributed by atoms with Crippen LogP contribution in [-0.4, -0.2) is 28.0 Å². The molecule has 0 aliphatic heterocycles. The first kappa shape index (κ1) is 11.6. The third-order valence-electron chi connectivity index (χ3n) is 2.24. The second-order valence-corrected chi connectivity index (χ2v) is 3.88. The molecule has 0 atom stereocenters. The molecule has 2 aromatic rings. The van der Waals surface area contributed by atoms with Gasteiger partial charge in [-0.2, -0.15) is 0 Å². The van der Waals surface area contributed by atoms with Crippen LogP contribution in [-0.2, 0) is 4.74 Å². The molecular weight excluding hydrogens is 242 g/mol. The smallest absolute Gasteiger partial charge is 0.358 e. The lowest BCUT2D eigenvalue weighted by Gasteiger charge is -1.95. The summed E-state index contributed by atoms with van der Waals surface area (Å²) in [6.45, 7) is 1.75. The Bertz CT molecular complexity index is 566. The zero-order valence-electron chi connectivity index (χ0n) is 9.32. The van der Waals surface area contributed by atoms with Crippen LogP contribution in [0.5, 0.6) is 0 Å². The van der Waals surface area contributed by atoms with Crippen molar-refractivity contribution in [1.82, 2.24) is 15.0 Å². The van der Waals surface area contributed by atoms with Gasteiger partial charge in [0.2, 0.25) is 0 Å². The molecule has 2 heterocycles. The predicted molar refractivity (Wildman–Crippen MR) is 62.9 cm³/mol. The maximum atomic E-state index is 11.4. The molecule has 5 nitrogen and oxygen atoms in total. The Kier molecular flexibility index (Phi) is 3.10. The Morgan fingerprint density at radius 1 is 1.47 bits per heavy atom. The van der Waals surface area contributed by atoms with E-state index in [0.717, 1.165) is 5.56 Å². The van der Waals surface area contributed by atoms with Crippen molar-refractivity contribution in [3.8, 4) is 11.4 Å². The van der Waals surface area contributed by atoms with Crippen LogP contribution < -0.4 is 0 Å². The van der Waals surface area contributed by atoms with Gasteiger partial charge in [0.1, 0.15) is 5.82 Å². The number of hydrogen-bond donors (Lipinski definition) is 1. The Hall–Kier alpha value is -1.88. The van der Waals surface area contributed by atoms with Crippen molar-refractivity contribution in [2.24, 2.45) is 0 Å². The molecular formula is C11H10ClN3O2. The van der Waals surface area contributed by atoms with Gasteiger partial charge in [-0.3, -0.25) is 4.98 Å². The first-order valence-electron chi connectivity index (χ1n) is 4.87. The van der Waals surface area contributed by atoms with Crippen LogP contribution >= 0.6 is 11.6 Å². The van der Waals surface area contributed by atoms with Crippen LogP contribution in [0.3, 0.4) is 0 Å². The molecule has 0 unspecified atom stereocenters. The standard InChI is InChI=1S/C11H10ClN3O2/c1-6-9(11(16)17-2)15-10(14-6)7-3-8(12)5-13-4-7/h3-5H,1-2H3,(H,14,15). The second kappa shape index (κ2) is 4.55. The third kappa shape index (κ3) is 2.29. The molecule has 0 amide bonds. The highest BCUT2D eigenvalue weighted by Crippen LogP contribution is 2.20. The van der Waals surface area contributed by atoms with Crippen LogP contribution in [0.4, 0.5) is 0 Å². The minimum absolute atomic E-state index is 0.266. The number of ether oxygens (including phenoxy) is 1. The van der Waals surface area contributed by atoms with Gasteiger partial charge in [-0.1, -0.05) is 11.6 Å². The van der Waals surface area contributed by atoms with E-state index in [9.17, 15) is 4.79 Å². The number of hydrogen-bond acceptors (Lipinski definition) is 4. The van der Waals surface area contributed by atoms with E-state index >= 15 is 0 Å². The van der Waals surface area contributed by atoms with E-state index < -0.39 is 5.97 Å². The number of pyridine rings is 1. The zero-order valence-corrected chi connectivity index (χ0v) is 10.1. The number of halogens is 1. The number of esters is 1. The average Bonchev–Trinajstić information content (AvgIpc) is 2.70. The number of aryl methyl sites for hydroxylation is 1. The monoisotopic (exact) mass is 251 g/mol. The number of methoxy groups -OCH3 is 1. The van der Waals surface area contributed by atoms with Crippen molar-refractivity contribution in [2.75, 3.05) is 7.11 Å². The van der Waals surface area contributed by atoms with Crippen molar-refractivity contribution in [3.05, 3.63) is 34.9 Å². The van der Waals surface area contributed by atoms with Gasteiger partial charge >= 0.3 is 5.97 Å². The molecule has 6 heteroatoms. The predicted octanol–water partition coefficient (Wildman–Crippen LogP) is 2.22. The van der Waals surface area contributed by atoms with Crippen LogP contribution in [0.1, 0.15) is 16.2 Å². The summed E-state index contributed by atoms with van der Waals surface area (Å²) in [7, 11) is 1.32. The molecule has 17 heavy (non-hydrogen) atoms. The van der Waals surface area contributed by atoms with Crippen LogP contribution in [0.25, 0.3) is 11.4 Å². The highest BCUT2D eigenvalue weighted by atomic mass is 35.5. The summed E-state index contributed by atoms with van der Waals surface area (Å²) in [5.74, 6) is 0.0675. The molecule has 0 bridgehead atoms. The fourth-order valence-corrected chi connectivity index (χ4v) is 1.61. The molecule has 2 rings (SSSR count). The van der Waals surface area contributed by atoms with Crippen LogP contribution in [0, 0.1) is 6.92 Å². The fourth-order valence-electron chi connectivity index (χ4n) is 1.43. The van der Waals surface area contributed by atoms with Gasteiger partial charge in [0.25, 0.3) is 0 Å². The van der Waals surface area contributed by atoms with Crippen molar-refractivity contribution in [2.45, 2.75) is 6.92 Å². The zero-order chi connectivity index (χ0) is 12.4. The summed E-state index contributed by atoms with van der Waals surface area (Å²) in [4.78, 5) is 22.5. The van der Waals surface area contributed by atoms with Gasteiger partial charge < -0.3 is 9.72 Å². The first-order valence-corrected chi connectivity index (χ1v) is 5.25. The van der Waals surface area contributed by atoms with E-state index in [4.69, 9.17) is 11.6 Å². The molecule has 2 aromatic heterocycles. The number of aromatic amines is 1. The number of aromatic nitrogens is 3. The minimum atomic E-state index is -0.472. The summed E-state index contributed by atoms with van der Waals surface area (Å²) in [6.07, 6.45) is 3.15. The molecule has 0 aromatic carbocycles. The molecule has 1 N–H and O–H groups in total. The van der Waals surface area contributed by atoms with Crippen LogP contribution in [0.2, 0.25) is 5.02 Å².